The molecule has 92 valence electrons. The van der Waals surface area contributed by atoms with E-state index in [4.69, 9.17) is 5.11 Å². The van der Waals surface area contributed by atoms with Gasteiger partial charge in [-0.15, -0.1) is 0 Å². The van der Waals surface area contributed by atoms with E-state index in [1.165, 1.54) is 25.7 Å². The molecule has 3 nitrogen and oxygen atoms in total. The van der Waals surface area contributed by atoms with Gasteiger partial charge >= 0.3 is 5.97 Å². The normalized spacial score (nSPS) is 31.0. The molecule has 0 aromatic carbocycles. The molecule has 16 heavy (non-hydrogen) atoms. The first-order valence-corrected chi connectivity index (χ1v) is 6.50. The van der Waals surface area contributed by atoms with E-state index in [-0.39, 0.29) is 5.54 Å². The highest BCUT2D eigenvalue weighted by Crippen LogP contribution is 2.41. The van der Waals surface area contributed by atoms with E-state index in [1.54, 1.807) is 0 Å². The summed E-state index contributed by atoms with van der Waals surface area (Å²) in [6.07, 6.45) is 6.69. The minimum Gasteiger partial charge on any atom is -0.481 e. The standard InChI is InChI=1S/C13H23NO2/c1-13(2)10(9-12(15)16)7-8-14(13)11-5-3-4-6-11/h10-11H,3-9H2,1-2H3,(H,15,16). The van der Waals surface area contributed by atoms with Crippen LogP contribution in [-0.2, 0) is 4.79 Å². The van der Waals surface area contributed by atoms with Crippen LogP contribution in [0.2, 0.25) is 0 Å². The first-order valence-electron chi connectivity index (χ1n) is 6.50. The summed E-state index contributed by atoms with van der Waals surface area (Å²) in [5.74, 6) is -0.322. The van der Waals surface area contributed by atoms with Gasteiger partial charge in [0.2, 0.25) is 0 Å². The molecule has 1 unspecified atom stereocenters. The number of rotatable bonds is 3. The summed E-state index contributed by atoms with van der Waals surface area (Å²) in [5, 5.41) is 8.94. The molecule has 1 aliphatic carbocycles. The molecule has 1 atom stereocenters. The molecular formula is C13H23NO2. The van der Waals surface area contributed by atoms with E-state index in [0.717, 1.165) is 13.0 Å². The summed E-state index contributed by atoms with van der Waals surface area (Å²) in [7, 11) is 0. The number of nitrogens with zero attached hydrogens (tertiary/aromatic N) is 1. The van der Waals surface area contributed by atoms with Gasteiger partial charge in [-0.1, -0.05) is 12.8 Å². The fourth-order valence-electron chi connectivity index (χ4n) is 3.60. The van der Waals surface area contributed by atoms with Gasteiger partial charge in [0.05, 0.1) is 0 Å². The molecule has 1 saturated heterocycles. The highest BCUT2D eigenvalue weighted by Gasteiger charge is 2.45. The summed E-state index contributed by atoms with van der Waals surface area (Å²) < 4.78 is 0. The van der Waals surface area contributed by atoms with Crippen LogP contribution in [0, 0.1) is 5.92 Å². The molecule has 2 aliphatic rings. The van der Waals surface area contributed by atoms with Gasteiger partial charge in [-0.05, 0) is 45.6 Å². The second-order valence-corrected chi connectivity index (χ2v) is 5.87. The highest BCUT2D eigenvalue weighted by atomic mass is 16.4. The topological polar surface area (TPSA) is 40.5 Å². The maximum absolute atomic E-state index is 10.9. The van der Waals surface area contributed by atoms with Crippen molar-refractivity contribution in [2.45, 2.75) is 64.0 Å². The molecule has 1 N–H and O–H groups in total. The summed E-state index contributed by atoms with van der Waals surface area (Å²) >= 11 is 0. The van der Waals surface area contributed by atoms with E-state index in [1.807, 2.05) is 0 Å². The second-order valence-electron chi connectivity index (χ2n) is 5.87. The molecule has 0 spiro atoms. The van der Waals surface area contributed by atoms with Crippen LogP contribution in [0.15, 0.2) is 0 Å². The Labute approximate surface area is 97.8 Å². The van der Waals surface area contributed by atoms with E-state index in [2.05, 4.69) is 18.7 Å². The van der Waals surface area contributed by atoms with Gasteiger partial charge in [-0.3, -0.25) is 9.69 Å². The molecule has 1 aliphatic heterocycles. The monoisotopic (exact) mass is 225 g/mol. The van der Waals surface area contributed by atoms with Crippen molar-refractivity contribution in [1.82, 2.24) is 4.90 Å². The average Bonchev–Trinajstić information content (AvgIpc) is 2.75. The quantitative estimate of drug-likeness (QED) is 0.802. The van der Waals surface area contributed by atoms with Crippen molar-refractivity contribution in [1.29, 1.82) is 0 Å². The number of hydrogen-bond donors (Lipinski definition) is 1. The molecule has 0 aromatic heterocycles. The lowest BCUT2D eigenvalue weighted by atomic mass is 9.85. The molecule has 2 fully saturated rings. The third-order valence-corrected chi connectivity index (χ3v) is 4.64. The zero-order valence-corrected chi connectivity index (χ0v) is 10.4. The van der Waals surface area contributed by atoms with Gasteiger partial charge in [0, 0.05) is 18.0 Å². The van der Waals surface area contributed by atoms with Crippen LogP contribution in [0.5, 0.6) is 0 Å². The van der Waals surface area contributed by atoms with E-state index in [9.17, 15) is 4.79 Å². The third kappa shape index (κ3) is 2.10. The van der Waals surface area contributed by atoms with Crippen LogP contribution >= 0.6 is 0 Å². The predicted molar refractivity (Wildman–Crippen MR) is 63.4 cm³/mol. The zero-order chi connectivity index (χ0) is 11.8. The number of likely N-dealkylation sites (tertiary alicyclic amines) is 1. The van der Waals surface area contributed by atoms with Crippen molar-refractivity contribution in [2.75, 3.05) is 6.54 Å². The summed E-state index contributed by atoms with van der Waals surface area (Å²) in [4.78, 5) is 13.4. The van der Waals surface area contributed by atoms with Gasteiger partial charge in [0.1, 0.15) is 0 Å². The Bertz CT molecular complexity index is 269. The fourth-order valence-corrected chi connectivity index (χ4v) is 3.60. The Kier molecular flexibility index (Phi) is 3.24. The van der Waals surface area contributed by atoms with Crippen LogP contribution < -0.4 is 0 Å². The molecule has 1 heterocycles. The van der Waals surface area contributed by atoms with E-state index >= 15 is 0 Å². The molecule has 0 bridgehead atoms. The van der Waals surface area contributed by atoms with Gasteiger partial charge in [0.15, 0.2) is 0 Å². The molecule has 0 aromatic rings. The molecule has 0 radical (unpaired) electrons. The molecular weight excluding hydrogens is 202 g/mol. The highest BCUT2D eigenvalue weighted by molar-refractivity contribution is 5.67. The number of carboxylic acids is 1. The first kappa shape index (κ1) is 11.9. The van der Waals surface area contributed by atoms with Crippen molar-refractivity contribution < 1.29 is 9.90 Å². The maximum atomic E-state index is 10.9. The van der Waals surface area contributed by atoms with E-state index < -0.39 is 5.97 Å². The Balaban J connectivity index is 2.03. The van der Waals surface area contributed by atoms with Crippen molar-refractivity contribution >= 4 is 5.97 Å². The third-order valence-electron chi connectivity index (χ3n) is 4.64. The van der Waals surface area contributed by atoms with E-state index in [0.29, 0.717) is 18.4 Å². The Hall–Kier alpha value is -0.570. The summed E-state index contributed by atoms with van der Waals surface area (Å²) in [5.41, 5.74) is 0.0768. The molecule has 1 saturated carbocycles. The van der Waals surface area contributed by atoms with Crippen molar-refractivity contribution in [3.05, 3.63) is 0 Å². The molecule has 2 rings (SSSR count). The van der Waals surface area contributed by atoms with Crippen LogP contribution in [0.25, 0.3) is 0 Å². The second kappa shape index (κ2) is 4.36. The SMILES string of the molecule is CC1(C)C(CC(=O)O)CCN1C1CCCC1. The number of carbonyl (C=O) groups is 1. The zero-order valence-electron chi connectivity index (χ0n) is 10.4. The maximum Gasteiger partial charge on any atom is 0.303 e. The predicted octanol–water partition coefficient (Wildman–Crippen LogP) is 2.50. The van der Waals surface area contributed by atoms with Crippen molar-refractivity contribution in [2.24, 2.45) is 5.92 Å². The summed E-state index contributed by atoms with van der Waals surface area (Å²) in [6.45, 7) is 5.55. The van der Waals surface area contributed by atoms with Crippen molar-refractivity contribution in [3.63, 3.8) is 0 Å². The lowest BCUT2D eigenvalue weighted by Crippen LogP contribution is -2.47. The largest absolute Gasteiger partial charge is 0.481 e. The van der Waals surface area contributed by atoms with Crippen LogP contribution in [0.1, 0.15) is 52.4 Å². The Morgan fingerprint density at radius 3 is 2.50 bits per heavy atom. The average molecular weight is 225 g/mol. The smallest absolute Gasteiger partial charge is 0.303 e. The van der Waals surface area contributed by atoms with Crippen LogP contribution in [-0.4, -0.2) is 34.1 Å². The molecule has 0 amide bonds. The Morgan fingerprint density at radius 2 is 1.94 bits per heavy atom. The van der Waals surface area contributed by atoms with Gasteiger partial charge in [0.25, 0.3) is 0 Å². The first-order chi connectivity index (χ1) is 7.51. The Morgan fingerprint density at radius 1 is 1.31 bits per heavy atom. The van der Waals surface area contributed by atoms with Gasteiger partial charge in [-0.25, -0.2) is 0 Å². The lowest BCUT2D eigenvalue weighted by Gasteiger charge is -2.39. The minimum absolute atomic E-state index is 0.0768. The number of carboxylic acid groups (broad SMARTS) is 1. The number of aliphatic carboxylic acids is 1. The fraction of sp³-hybridized carbons (Fsp3) is 0.923. The van der Waals surface area contributed by atoms with Gasteiger partial charge in [-0.2, -0.15) is 0 Å². The van der Waals surface area contributed by atoms with Crippen molar-refractivity contribution in [3.8, 4) is 0 Å². The van der Waals surface area contributed by atoms with Gasteiger partial charge < -0.3 is 5.11 Å². The molecule has 3 heteroatoms. The minimum atomic E-state index is -0.647. The van der Waals surface area contributed by atoms with Crippen LogP contribution in [0.4, 0.5) is 0 Å². The van der Waals surface area contributed by atoms with Crippen LogP contribution in [0.3, 0.4) is 0 Å². The number of hydrogen-bond acceptors (Lipinski definition) is 2. The summed E-state index contributed by atoms with van der Waals surface area (Å²) in [6, 6.07) is 0.716. The lowest BCUT2D eigenvalue weighted by molar-refractivity contribution is -0.138.